The van der Waals surface area contributed by atoms with Gasteiger partial charge >= 0.3 is 0 Å². The molecule has 1 atom stereocenters. The molecule has 0 radical (unpaired) electrons. The van der Waals surface area contributed by atoms with E-state index < -0.39 is 0 Å². The van der Waals surface area contributed by atoms with Gasteiger partial charge in [-0.1, -0.05) is 26.0 Å². The highest BCUT2D eigenvalue weighted by Crippen LogP contribution is 2.13. The maximum absolute atomic E-state index is 12.9. The summed E-state index contributed by atoms with van der Waals surface area (Å²) in [6, 6.07) is 6.70. The second kappa shape index (κ2) is 9.74. The number of hydrogen-bond donors (Lipinski definition) is 1. The smallest absolute Gasteiger partial charge is 0.220 e. The van der Waals surface area contributed by atoms with Crippen LogP contribution in [-0.2, 0) is 16.0 Å². The van der Waals surface area contributed by atoms with E-state index in [9.17, 15) is 9.18 Å². The van der Waals surface area contributed by atoms with Gasteiger partial charge in [0.2, 0.25) is 5.91 Å². The number of carbonyl (C=O) groups excluding carboxylic acids is 1. The number of morpholine rings is 1. The van der Waals surface area contributed by atoms with E-state index in [1.165, 1.54) is 12.1 Å². The highest BCUT2D eigenvalue weighted by atomic mass is 19.1. The van der Waals surface area contributed by atoms with Crippen LogP contribution in [-0.4, -0.2) is 49.7 Å². The minimum atomic E-state index is -0.245. The molecule has 1 amide bonds. The number of rotatable bonds is 8. The first-order valence-corrected chi connectivity index (χ1v) is 8.87. The van der Waals surface area contributed by atoms with Crippen molar-refractivity contribution >= 4 is 5.91 Å². The second-order valence-corrected chi connectivity index (χ2v) is 6.86. The van der Waals surface area contributed by atoms with E-state index in [2.05, 4.69) is 24.1 Å². The highest BCUT2D eigenvalue weighted by molar-refractivity contribution is 5.76. The van der Waals surface area contributed by atoms with Crippen molar-refractivity contribution in [3.8, 4) is 0 Å². The first kappa shape index (κ1) is 18.9. The highest BCUT2D eigenvalue weighted by Gasteiger charge is 2.22. The lowest BCUT2D eigenvalue weighted by atomic mass is 10.0. The van der Waals surface area contributed by atoms with Gasteiger partial charge in [0.15, 0.2) is 0 Å². The number of ether oxygens (including phenoxy) is 1. The Morgan fingerprint density at radius 3 is 2.54 bits per heavy atom. The van der Waals surface area contributed by atoms with Crippen LogP contribution in [0.1, 0.15) is 32.3 Å². The molecule has 1 unspecified atom stereocenters. The summed E-state index contributed by atoms with van der Waals surface area (Å²) in [7, 11) is 0. The summed E-state index contributed by atoms with van der Waals surface area (Å²) < 4.78 is 18.3. The predicted octanol–water partition coefficient (Wildman–Crippen LogP) is 2.62. The molecular formula is C19H29FN2O2. The molecule has 24 heavy (non-hydrogen) atoms. The summed E-state index contributed by atoms with van der Waals surface area (Å²) >= 11 is 0. The maximum atomic E-state index is 12.9. The van der Waals surface area contributed by atoms with Crippen molar-refractivity contribution in [1.29, 1.82) is 0 Å². The summed E-state index contributed by atoms with van der Waals surface area (Å²) in [5.41, 5.74) is 0.985. The minimum absolute atomic E-state index is 0.0568. The molecular weight excluding hydrogens is 307 g/mol. The largest absolute Gasteiger partial charge is 0.379 e. The van der Waals surface area contributed by atoms with E-state index in [1.54, 1.807) is 12.1 Å². The monoisotopic (exact) mass is 336 g/mol. The van der Waals surface area contributed by atoms with Crippen molar-refractivity contribution < 1.29 is 13.9 Å². The van der Waals surface area contributed by atoms with Gasteiger partial charge in [-0.3, -0.25) is 9.69 Å². The Labute approximate surface area is 144 Å². The Kier molecular flexibility index (Phi) is 7.66. The van der Waals surface area contributed by atoms with Crippen LogP contribution >= 0.6 is 0 Å². The third kappa shape index (κ3) is 6.57. The zero-order valence-corrected chi connectivity index (χ0v) is 14.8. The number of halogens is 1. The van der Waals surface area contributed by atoms with Crippen molar-refractivity contribution in [3.63, 3.8) is 0 Å². The number of amides is 1. The van der Waals surface area contributed by atoms with E-state index in [4.69, 9.17) is 4.74 Å². The Morgan fingerprint density at radius 2 is 1.92 bits per heavy atom. The molecule has 4 nitrogen and oxygen atoms in total. The summed E-state index contributed by atoms with van der Waals surface area (Å²) in [5.74, 6) is 0.403. The summed E-state index contributed by atoms with van der Waals surface area (Å²) in [5, 5.41) is 3.07. The number of benzene rings is 1. The van der Waals surface area contributed by atoms with Crippen LogP contribution in [0.25, 0.3) is 0 Å². The molecule has 1 aromatic rings. The normalized spacial score (nSPS) is 17.0. The van der Waals surface area contributed by atoms with Crippen molar-refractivity contribution in [2.75, 3.05) is 32.8 Å². The van der Waals surface area contributed by atoms with Gasteiger partial charge in [0, 0.05) is 32.1 Å². The molecule has 0 saturated carbocycles. The van der Waals surface area contributed by atoms with Crippen molar-refractivity contribution in [3.05, 3.63) is 35.6 Å². The molecule has 0 aromatic heterocycles. The molecule has 5 heteroatoms. The average molecular weight is 336 g/mol. The molecule has 1 aromatic carbocycles. The fourth-order valence-corrected chi connectivity index (χ4v) is 3.08. The van der Waals surface area contributed by atoms with E-state index >= 15 is 0 Å². The Morgan fingerprint density at radius 1 is 1.25 bits per heavy atom. The van der Waals surface area contributed by atoms with Gasteiger partial charge in [-0.05, 0) is 36.5 Å². The maximum Gasteiger partial charge on any atom is 0.220 e. The lowest BCUT2D eigenvalue weighted by Gasteiger charge is -2.35. The molecule has 1 aliphatic heterocycles. The lowest BCUT2D eigenvalue weighted by Crippen LogP contribution is -2.49. The van der Waals surface area contributed by atoms with Gasteiger partial charge in [0.25, 0.3) is 0 Å². The average Bonchev–Trinajstić information content (AvgIpc) is 2.58. The van der Waals surface area contributed by atoms with E-state index in [-0.39, 0.29) is 11.7 Å². The van der Waals surface area contributed by atoms with Gasteiger partial charge in [0.05, 0.1) is 13.2 Å². The Bertz CT molecular complexity index is 499. The Balaban J connectivity index is 1.77. The standard InChI is InChI=1S/C19H29FN2O2/c1-15(2)13-18(22-9-11-24-12-10-22)14-21-19(23)8-5-16-3-6-17(20)7-4-16/h3-4,6-7,15,18H,5,8-14H2,1-2H3,(H,21,23). The summed E-state index contributed by atoms with van der Waals surface area (Å²) in [6.45, 7) is 8.51. The third-order valence-corrected chi connectivity index (χ3v) is 4.39. The molecule has 1 aliphatic rings. The van der Waals surface area contributed by atoms with Crippen LogP contribution in [0.4, 0.5) is 4.39 Å². The zero-order chi connectivity index (χ0) is 17.4. The van der Waals surface area contributed by atoms with E-state index in [0.29, 0.717) is 31.3 Å². The molecule has 0 aliphatic carbocycles. The topological polar surface area (TPSA) is 41.6 Å². The minimum Gasteiger partial charge on any atom is -0.379 e. The van der Waals surface area contributed by atoms with Gasteiger partial charge in [-0.2, -0.15) is 0 Å². The SMILES string of the molecule is CC(C)CC(CNC(=O)CCc1ccc(F)cc1)N1CCOCC1. The van der Waals surface area contributed by atoms with Crippen molar-refractivity contribution in [1.82, 2.24) is 10.2 Å². The molecule has 0 spiro atoms. The van der Waals surface area contributed by atoms with E-state index in [1.807, 2.05) is 0 Å². The summed E-state index contributed by atoms with van der Waals surface area (Å²) in [6.07, 6.45) is 2.14. The lowest BCUT2D eigenvalue weighted by molar-refractivity contribution is -0.121. The molecule has 1 fully saturated rings. The number of hydrogen-bond acceptors (Lipinski definition) is 3. The van der Waals surface area contributed by atoms with Crippen LogP contribution in [0.2, 0.25) is 0 Å². The van der Waals surface area contributed by atoms with Gasteiger partial charge < -0.3 is 10.1 Å². The molecule has 134 valence electrons. The number of nitrogens with zero attached hydrogens (tertiary/aromatic N) is 1. The molecule has 1 N–H and O–H groups in total. The fourth-order valence-electron chi connectivity index (χ4n) is 3.08. The quantitative estimate of drug-likeness (QED) is 0.793. The Hall–Kier alpha value is -1.46. The van der Waals surface area contributed by atoms with Gasteiger partial charge in [-0.25, -0.2) is 4.39 Å². The van der Waals surface area contributed by atoms with Crippen LogP contribution in [0, 0.1) is 11.7 Å². The first-order valence-electron chi connectivity index (χ1n) is 8.87. The first-order chi connectivity index (χ1) is 11.5. The number of nitrogens with one attached hydrogen (secondary N) is 1. The third-order valence-electron chi connectivity index (χ3n) is 4.39. The number of carbonyl (C=O) groups is 1. The molecule has 1 heterocycles. The molecule has 1 saturated heterocycles. The molecule has 0 bridgehead atoms. The zero-order valence-electron chi connectivity index (χ0n) is 14.8. The summed E-state index contributed by atoms with van der Waals surface area (Å²) in [4.78, 5) is 14.5. The van der Waals surface area contributed by atoms with Crippen molar-refractivity contribution in [2.24, 2.45) is 5.92 Å². The van der Waals surface area contributed by atoms with E-state index in [0.717, 1.165) is 38.3 Å². The van der Waals surface area contributed by atoms with Gasteiger partial charge in [0.1, 0.15) is 5.82 Å². The number of aryl methyl sites for hydroxylation is 1. The fraction of sp³-hybridized carbons (Fsp3) is 0.632. The second-order valence-electron chi connectivity index (χ2n) is 6.86. The van der Waals surface area contributed by atoms with Crippen LogP contribution in [0.5, 0.6) is 0 Å². The van der Waals surface area contributed by atoms with Gasteiger partial charge in [-0.15, -0.1) is 0 Å². The van der Waals surface area contributed by atoms with Crippen LogP contribution in [0.15, 0.2) is 24.3 Å². The van der Waals surface area contributed by atoms with Crippen LogP contribution in [0.3, 0.4) is 0 Å². The van der Waals surface area contributed by atoms with Crippen LogP contribution < -0.4 is 5.32 Å². The molecule has 2 rings (SSSR count). The predicted molar refractivity (Wildman–Crippen MR) is 93.4 cm³/mol. The van der Waals surface area contributed by atoms with Crippen molar-refractivity contribution in [2.45, 2.75) is 39.2 Å².